The normalized spacial score (nSPS) is 10.3. The van der Waals surface area contributed by atoms with E-state index in [1.807, 2.05) is 6.92 Å². The van der Waals surface area contributed by atoms with Gasteiger partial charge < -0.3 is 10.6 Å². The van der Waals surface area contributed by atoms with Gasteiger partial charge in [-0.2, -0.15) is 0 Å². The number of amides is 2. The zero-order valence-corrected chi connectivity index (χ0v) is 11.3. The summed E-state index contributed by atoms with van der Waals surface area (Å²) in [4.78, 5) is 24.5. The van der Waals surface area contributed by atoms with Crippen molar-refractivity contribution in [3.63, 3.8) is 0 Å². The van der Waals surface area contributed by atoms with Gasteiger partial charge >= 0.3 is 0 Å². The molecule has 0 aromatic heterocycles. The number of carbonyl (C=O) groups excluding carboxylic acids is 2. The number of nitrogens with zero attached hydrogens (tertiary/aromatic N) is 1. The number of rotatable bonds is 6. The van der Waals surface area contributed by atoms with Gasteiger partial charge in [0.05, 0.1) is 12.1 Å². The molecule has 1 aromatic rings. The molecule has 0 unspecified atom stereocenters. The average Bonchev–Trinajstić information content (AvgIpc) is 2.36. The number of carbonyl (C=O) groups is 2. The summed E-state index contributed by atoms with van der Waals surface area (Å²) in [5, 5.41) is 0. The second kappa shape index (κ2) is 6.87. The van der Waals surface area contributed by atoms with Crippen LogP contribution >= 0.6 is 0 Å². The summed E-state index contributed by atoms with van der Waals surface area (Å²) in [6.07, 6.45) is 1.62. The van der Waals surface area contributed by atoms with Crippen molar-refractivity contribution in [3.05, 3.63) is 35.1 Å². The third-order valence-corrected chi connectivity index (χ3v) is 2.77. The SMILES string of the molecule is CCCCN(CC(N)=O)C(=O)c1cc(C)ccc1F. The van der Waals surface area contributed by atoms with Crippen molar-refractivity contribution in [1.29, 1.82) is 0 Å². The molecule has 0 bridgehead atoms. The van der Waals surface area contributed by atoms with Crippen LogP contribution in [0.1, 0.15) is 35.7 Å². The van der Waals surface area contributed by atoms with E-state index in [1.54, 1.807) is 13.0 Å². The maximum absolute atomic E-state index is 13.7. The molecule has 2 N–H and O–H groups in total. The second-order valence-electron chi connectivity index (χ2n) is 4.53. The zero-order valence-electron chi connectivity index (χ0n) is 11.3. The highest BCUT2D eigenvalue weighted by Gasteiger charge is 2.20. The van der Waals surface area contributed by atoms with Crippen molar-refractivity contribution in [1.82, 2.24) is 4.90 Å². The first-order chi connectivity index (χ1) is 8.95. The Morgan fingerprint density at radius 1 is 1.37 bits per heavy atom. The molecule has 2 amide bonds. The standard InChI is InChI=1S/C14H19FN2O2/c1-3-4-7-17(9-13(16)18)14(19)11-8-10(2)5-6-12(11)15/h5-6,8H,3-4,7,9H2,1-2H3,(H2,16,18). The maximum Gasteiger partial charge on any atom is 0.257 e. The largest absolute Gasteiger partial charge is 0.368 e. The molecule has 0 radical (unpaired) electrons. The van der Waals surface area contributed by atoms with Gasteiger partial charge in [0.2, 0.25) is 5.91 Å². The van der Waals surface area contributed by atoms with Crippen LogP contribution in [0.5, 0.6) is 0 Å². The number of halogens is 1. The molecule has 0 heterocycles. The molecule has 104 valence electrons. The molecule has 0 spiro atoms. The Bertz CT molecular complexity index is 475. The van der Waals surface area contributed by atoms with Gasteiger partial charge in [-0.3, -0.25) is 9.59 Å². The number of nitrogens with two attached hydrogens (primary N) is 1. The minimum atomic E-state index is -0.600. The van der Waals surface area contributed by atoms with E-state index < -0.39 is 17.6 Å². The van der Waals surface area contributed by atoms with Crippen molar-refractivity contribution in [2.75, 3.05) is 13.1 Å². The Morgan fingerprint density at radius 2 is 2.05 bits per heavy atom. The van der Waals surface area contributed by atoms with Crippen molar-refractivity contribution < 1.29 is 14.0 Å². The monoisotopic (exact) mass is 266 g/mol. The van der Waals surface area contributed by atoms with Gasteiger partial charge in [-0.05, 0) is 25.5 Å². The van der Waals surface area contributed by atoms with Gasteiger partial charge in [-0.1, -0.05) is 25.0 Å². The first-order valence-corrected chi connectivity index (χ1v) is 6.29. The lowest BCUT2D eigenvalue weighted by atomic mass is 10.1. The lowest BCUT2D eigenvalue weighted by molar-refractivity contribution is -0.118. The Balaban J connectivity index is 2.97. The molecule has 0 aliphatic rings. The predicted molar refractivity (Wildman–Crippen MR) is 71.1 cm³/mol. The highest BCUT2D eigenvalue weighted by Crippen LogP contribution is 2.13. The van der Waals surface area contributed by atoms with E-state index in [2.05, 4.69) is 0 Å². The summed E-state index contributed by atoms with van der Waals surface area (Å²) in [5.41, 5.74) is 5.90. The van der Waals surface area contributed by atoms with Crippen LogP contribution in [0.3, 0.4) is 0 Å². The van der Waals surface area contributed by atoms with Gasteiger partial charge in [0.1, 0.15) is 5.82 Å². The van der Waals surface area contributed by atoms with E-state index in [9.17, 15) is 14.0 Å². The molecule has 0 fully saturated rings. The van der Waals surface area contributed by atoms with Gasteiger partial charge in [0.15, 0.2) is 0 Å². The van der Waals surface area contributed by atoms with E-state index >= 15 is 0 Å². The molecule has 0 aliphatic heterocycles. The first kappa shape index (κ1) is 15.1. The Hall–Kier alpha value is -1.91. The summed E-state index contributed by atoms with van der Waals surface area (Å²) >= 11 is 0. The minimum Gasteiger partial charge on any atom is -0.368 e. The van der Waals surface area contributed by atoms with Gasteiger partial charge in [0, 0.05) is 6.54 Å². The molecule has 19 heavy (non-hydrogen) atoms. The third-order valence-electron chi connectivity index (χ3n) is 2.77. The van der Waals surface area contributed by atoms with Gasteiger partial charge in [-0.25, -0.2) is 4.39 Å². The lowest BCUT2D eigenvalue weighted by Crippen LogP contribution is -2.39. The minimum absolute atomic E-state index is 0.0163. The number of hydrogen-bond donors (Lipinski definition) is 1. The molecule has 0 saturated carbocycles. The Kier molecular flexibility index (Phi) is 5.48. The molecular weight excluding hydrogens is 247 g/mol. The lowest BCUT2D eigenvalue weighted by Gasteiger charge is -2.21. The summed E-state index contributed by atoms with van der Waals surface area (Å²) in [6, 6.07) is 4.33. The van der Waals surface area contributed by atoms with Crippen molar-refractivity contribution in [2.45, 2.75) is 26.7 Å². The zero-order chi connectivity index (χ0) is 14.4. The molecule has 0 saturated heterocycles. The fraction of sp³-hybridized carbons (Fsp3) is 0.429. The van der Waals surface area contributed by atoms with E-state index in [4.69, 9.17) is 5.73 Å². The molecule has 4 nitrogen and oxygen atoms in total. The van der Waals surface area contributed by atoms with E-state index in [1.165, 1.54) is 17.0 Å². The summed E-state index contributed by atoms with van der Waals surface area (Å²) in [6.45, 7) is 3.96. The van der Waals surface area contributed by atoms with Crippen LogP contribution in [-0.4, -0.2) is 29.8 Å². The fourth-order valence-electron chi connectivity index (χ4n) is 1.76. The van der Waals surface area contributed by atoms with Crippen molar-refractivity contribution in [3.8, 4) is 0 Å². The molecule has 1 rings (SSSR count). The van der Waals surface area contributed by atoms with Gasteiger partial charge in [0.25, 0.3) is 5.91 Å². The highest BCUT2D eigenvalue weighted by atomic mass is 19.1. The second-order valence-corrected chi connectivity index (χ2v) is 4.53. The van der Waals surface area contributed by atoms with E-state index in [-0.39, 0.29) is 12.1 Å². The van der Waals surface area contributed by atoms with Crippen LogP contribution in [0.25, 0.3) is 0 Å². The van der Waals surface area contributed by atoms with Crippen LogP contribution in [0, 0.1) is 12.7 Å². The van der Waals surface area contributed by atoms with Crippen molar-refractivity contribution in [2.24, 2.45) is 5.73 Å². The molecule has 1 aromatic carbocycles. The third kappa shape index (κ3) is 4.35. The van der Waals surface area contributed by atoms with Crippen LogP contribution in [0.2, 0.25) is 0 Å². The Morgan fingerprint density at radius 3 is 2.63 bits per heavy atom. The Labute approximate surface area is 112 Å². The topological polar surface area (TPSA) is 63.4 Å². The molecule has 0 atom stereocenters. The highest BCUT2D eigenvalue weighted by molar-refractivity contribution is 5.96. The maximum atomic E-state index is 13.7. The summed E-state index contributed by atoms with van der Waals surface area (Å²) in [5.74, 6) is -1.67. The van der Waals surface area contributed by atoms with Crippen LogP contribution in [0.15, 0.2) is 18.2 Å². The molecular formula is C14H19FN2O2. The van der Waals surface area contributed by atoms with Crippen LogP contribution < -0.4 is 5.73 Å². The summed E-state index contributed by atoms with van der Waals surface area (Å²) < 4.78 is 13.7. The number of hydrogen-bond acceptors (Lipinski definition) is 2. The van der Waals surface area contributed by atoms with E-state index in [0.717, 1.165) is 18.4 Å². The summed E-state index contributed by atoms with van der Waals surface area (Å²) in [7, 11) is 0. The van der Waals surface area contributed by atoms with Crippen LogP contribution in [0.4, 0.5) is 4.39 Å². The first-order valence-electron chi connectivity index (χ1n) is 6.29. The smallest absolute Gasteiger partial charge is 0.257 e. The van der Waals surface area contributed by atoms with Gasteiger partial charge in [-0.15, -0.1) is 0 Å². The number of primary amides is 1. The number of benzene rings is 1. The fourth-order valence-corrected chi connectivity index (χ4v) is 1.76. The average molecular weight is 266 g/mol. The number of aryl methyl sites for hydroxylation is 1. The molecule has 5 heteroatoms. The van der Waals surface area contributed by atoms with Crippen LogP contribution in [-0.2, 0) is 4.79 Å². The number of unbranched alkanes of at least 4 members (excludes halogenated alkanes) is 1. The predicted octanol–water partition coefficient (Wildman–Crippen LogP) is 1.86. The quantitative estimate of drug-likeness (QED) is 0.854. The molecule has 0 aliphatic carbocycles. The van der Waals surface area contributed by atoms with E-state index in [0.29, 0.717) is 6.54 Å². The van der Waals surface area contributed by atoms with Crippen molar-refractivity contribution >= 4 is 11.8 Å².